The molecule has 3 aliphatic rings. The van der Waals surface area contributed by atoms with Crippen LogP contribution in [0.1, 0.15) is 37.7 Å². The summed E-state index contributed by atoms with van der Waals surface area (Å²) >= 11 is 0. The van der Waals surface area contributed by atoms with Crippen LogP contribution >= 0.6 is 0 Å². The van der Waals surface area contributed by atoms with E-state index in [1.807, 2.05) is 41.0 Å². The van der Waals surface area contributed by atoms with E-state index in [-0.39, 0.29) is 24.0 Å². The van der Waals surface area contributed by atoms with Gasteiger partial charge in [-0.1, -0.05) is 17.7 Å². The number of carbonyl (C=O) groups is 2. The second kappa shape index (κ2) is 10.0. The number of amides is 2. The third kappa shape index (κ3) is 5.77. The minimum Gasteiger partial charge on any atom is -0.484 e. The molecule has 0 N–H and O–H groups in total. The van der Waals surface area contributed by atoms with Gasteiger partial charge in [-0.3, -0.25) is 9.59 Å². The molecule has 3 heterocycles. The predicted molar refractivity (Wildman–Crippen MR) is 116 cm³/mol. The molecule has 170 valence electrons. The first-order valence-electron chi connectivity index (χ1n) is 11.5. The number of nitrogens with zero attached hydrogens (tertiary/aromatic N) is 2. The summed E-state index contributed by atoms with van der Waals surface area (Å²) in [5.74, 6) is 1.34. The number of hydrogen-bond acceptors (Lipinski definition) is 5. The summed E-state index contributed by atoms with van der Waals surface area (Å²) in [6.45, 7) is 6.83. The number of carbonyl (C=O) groups excluding carboxylic acids is 2. The normalized spacial score (nSPS) is 23.6. The molecule has 0 radical (unpaired) electrons. The molecule has 1 aromatic rings. The van der Waals surface area contributed by atoms with Crippen LogP contribution in [0.3, 0.4) is 0 Å². The topological polar surface area (TPSA) is 68.3 Å². The highest BCUT2D eigenvalue weighted by Crippen LogP contribution is 2.39. The van der Waals surface area contributed by atoms with Crippen LogP contribution in [0.4, 0.5) is 0 Å². The van der Waals surface area contributed by atoms with Crippen molar-refractivity contribution in [2.45, 2.75) is 44.6 Å². The summed E-state index contributed by atoms with van der Waals surface area (Å²) < 4.78 is 17.2. The van der Waals surface area contributed by atoms with Crippen molar-refractivity contribution in [3.63, 3.8) is 0 Å². The standard InChI is InChI=1S/C24H34N2O5/c1-19-2-4-21(5-3-19)30-18-23(28)25-9-7-24(8-10-25)17-20(6-13-31-24)16-22(27)26-11-14-29-15-12-26/h2-5,20H,6-18H2,1H3. The number of rotatable bonds is 5. The number of aryl methyl sites for hydroxylation is 1. The van der Waals surface area contributed by atoms with E-state index in [0.29, 0.717) is 58.3 Å². The van der Waals surface area contributed by atoms with E-state index in [4.69, 9.17) is 14.2 Å². The average molecular weight is 431 g/mol. The molecule has 1 unspecified atom stereocenters. The molecule has 1 aromatic carbocycles. The Morgan fingerprint density at radius 1 is 1.00 bits per heavy atom. The quantitative estimate of drug-likeness (QED) is 0.718. The van der Waals surface area contributed by atoms with Gasteiger partial charge in [0.2, 0.25) is 5.91 Å². The SMILES string of the molecule is Cc1ccc(OCC(=O)N2CCC3(CC2)CC(CC(=O)N2CCOCC2)CCO3)cc1. The van der Waals surface area contributed by atoms with Gasteiger partial charge < -0.3 is 24.0 Å². The molecule has 3 aliphatic heterocycles. The van der Waals surface area contributed by atoms with Crippen LogP contribution < -0.4 is 4.74 Å². The minimum atomic E-state index is -0.192. The van der Waals surface area contributed by atoms with Crippen molar-refractivity contribution >= 4 is 11.8 Å². The second-order valence-electron chi connectivity index (χ2n) is 9.07. The number of piperidine rings is 1. The Labute approximate surface area is 184 Å². The van der Waals surface area contributed by atoms with Crippen LogP contribution in [0, 0.1) is 12.8 Å². The average Bonchev–Trinajstić information content (AvgIpc) is 2.80. The first kappa shape index (κ1) is 22.1. The van der Waals surface area contributed by atoms with Crippen LogP contribution in [-0.2, 0) is 19.1 Å². The van der Waals surface area contributed by atoms with E-state index in [2.05, 4.69) is 0 Å². The summed E-state index contributed by atoms with van der Waals surface area (Å²) in [5.41, 5.74) is 0.973. The lowest BCUT2D eigenvalue weighted by Gasteiger charge is -2.46. The monoisotopic (exact) mass is 430 g/mol. The van der Waals surface area contributed by atoms with Gasteiger partial charge in [-0.25, -0.2) is 0 Å². The summed E-state index contributed by atoms with van der Waals surface area (Å²) in [6.07, 6.45) is 4.09. The van der Waals surface area contributed by atoms with Crippen molar-refractivity contribution in [3.8, 4) is 5.75 Å². The Kier molecular flexibility index (Phi) is 7.13. The zero-order valence-corrected chi connectivity index (χ0v) is 18.5. The minimum absolute atomic E-state index is 0.0188. The molecule has 7 heteroatoms. The molecule has 1 spiro atoms. The van der Waals surface area contributed by atoms with E-state index in [0.717, 1.165) is 37.0 Å². The molecule has 3 fully saturated rings. The summed E-state index contributed by atoms with van der Waals surface area (Å²) in [4.78, 5) is 29.1. The molecule has 1 atom stereocenters. The van der Waals surface area contributed by atoms with Gasteiger partial charge in [0, 0.05) is 39.2 Å². The molecule has 7 nitrogen and oxygen atoms in total. The zero-order valence-electron chi connectivity index (χ0n) is 18.5. The van der Waals surface area contributed by atoms with Gasteiger partial charge >= 0.3 is 0 Å². The zero-order chi connectivity index (χ0) is 21.7. The molecular weight excluding hydrogens is 396 g/mol. The van der Waals surface area contributed by atoms with Crippen molar-refractivity contribution in [1.82, 2.24) is 9.80 Å². The molecule has 0 bridgehead atoms. The van der Waals surface area contributed by atoms with Crippen LogP contribution in [0.5, 0.6) is 5.75 Å². The van der Waals surface area contributed by atoms with Gasteiger partial charge in [0.25, 0.3) is 5.91 Å². The van der Waals surface area contributed by atoms with Crippen LogP contribution in [0.25, 0.3) is 0 Å². The molecule has 0 aliphatic carbocycles. The second-order valence-corrected chi connectivity index (χ2v) is 9.07. The first-order chi connectivity index (χ1) is 15.0. The van der Waals surface area contributed by atoms with Crippen LogP contribution in [-0.4, -0.2) is 79.8 Å². The van der Waals surface area contributed by atoms with Crippen molar-refractivity contribution in [1.29, 1.82) is 0 Å². The third-order valence-electron chi connectivity index (χ3n) is 6.83. The van der Waals surface area contributed by atoms with Gasteiger partial charge in [-0.05, 0) is 50.7 Å². The third-order valence-corrected chi connectivity index (χ3v) is 6.83. The molecule has 2 amide bonds. The van der Waals surface area contributed by atoms with E-state index >= 15 is 0 Å². The Morgan fingerprint density at radius 2 is 1.68 bits per heavy atom. The van der Waals surface area contributed by atoms with E-state index in [1.165, 1.54) is 0 Å². The number of likely N-dealkylation sites (tertiary alicyclic amines) is 1. The molecule has 3 saturated heterocycles. The maximum atomic E-state index is 12.6. The molecule has 31 heavy (non-hydrogen) atoms. The summed E-state index contributed by atoms with van der Waals surface area (Å²) in [7, 11) is 0. The van der Waals surface area contributed by atoms with Crippen molar-refractivity contribution in [2.24, 2.45) is 5.92 Å². The Bertz CT molecular complexity index is 752. The van der Waals surface area contributed by atoms with Crippen molar-refractivity contribution < 1.29 is 23.8 Å². The lowest BCUT2D eigenvalue weighted by molar-refractivity contribution is -0.151. The molecule has 0 aromatic heterocycles. The van der Waals surface area contributed by atoms with Crippen molar-refractivity contribution in [3.05, 3.63) is 29.8 Å². The lowest BCUT2D eigenvalue weighted by Crippen LogP contribution is -2.52. The highest BCUT2D eigenvalue weighted by atomic mass is 16.5. The largest absolute Gasteiger partial charge is 0.484 e. The highest BCUT2D eigenvalue weighted by Gasteiger charge is 2.41. The Balaban J connectivity index is 1.23. The number of benzene rings is 1. The van der Waals surface area contributed by atoms with E-state index < -0.39 is 0 Å². The van der Waals surface area contributed by atoms with Gasteiger partial charge in [0.05, 0.1) is 18.8 Å². The van der Waals surface area contributed by atoms with Crippen LogP contribution in [0.2, 0.25) is 0 Å². The summed E-state index contributed by atoms with van der Waals surface area (Å²) in [6, 6.07) is 7.74. The van der Waals surface area contributed by atoms with Gasteiger partial charge in [0.15, 0.2) is 6.61 Å². The molecular formula is C24H34N2O5. The maximum absolute atomic E-state index is 12.6. The fourth-order valence-corrected chi connectivity index (χ4v) is 4.88. The van der Waals surface area contributed by atoms with Crippen LogP contribution in [0.15, 0.2) is 24.3 Å². The Hall–Kier alpha value is -2.12. The predicted octanol–water partition coefficient (Wildman–Crippen LogP) is 2.41. The first-order valence-corrected chi connectivity index (χ1v) is 11.5. The van der Waals surface area contributed by atoms with Gasteiger partial charge in [-0.15, -0.1) is 0 Å². The molecule has 4 rings (SSSR count). The number of ether oxygens (including phenoxy) is 3. The van der Waals surface area contributed by atoms with Gasteiger partial charge in [-0.2, -0.15) is 0 Å². The Morgan fingerprint density at radius 3 is 2.39 bits per heavy atom. The molecule has 0 saturated carbocycles. The fraction of sp³-hybridized carbons (Fsp3) is 0.667. The highest BCUT2D eigenvalue weighted by molar-refractivity contribution is 5.78. The number of morpholine rings is 1. The van der Waals surface area contributed by atoms with Gasteiger partial charge in [0.1, 0.15) is 5.75 Å². The number of hydrogen-bond donors (Lipinski definition) is 0. The smallest absolute Gasteiger partial charge is 0.260 e. The van der Waals surface area contributed by atoms with E-state index in [1.54, 1.807) is 0 Å². The lowest BCUT2D eigenvalue weighted by atomic mass is 9.78. The maximum Gasteiger partial charge on any atom is 0.260 e. The van der Waals surface area contributed by atoms with Crippen molar-refractivity contribution in [2.75, 3.05) is 52.6 Å². The van der Waals surface area contributed by atoms with E-state index in [9.17, 15) is 9.59 Å². The fourth-order valence-electron chi connectivity index (χ4n) is 4.88. The summed E-state index contributed by atoms with van der Waals surface area (Å²) in [5, 5.41) is 0.